The van der Waals surface area contributed by atoms with E-state index in [-0.39, 0.29) is 5.69 Å². The van der Waals surface area contributed by atoms with Crippen molar-refractivity contribution in [3.05, 3.63) is 36.5 Å². The van der Waals surface area contributed by atoms with Gasteiger partial charge in [-0.05, 0) is 26.0 Å². The number of para-hydroxylation sites is 1. The van der Waals surface area contributed by atoms with Crippen molar-refractivity contribution in [1.29, 1.82) is 0 Å². The molecule has 8 heteroatoms. The Kier molecular flexibility index (Phi) is 4.08. The van der Waals surface area contributed by atoms with E-state index < -0.39 is 21.8 Å². The molecule has 1 heterocycles. The summed E-state index contributed by atoms with van der Waals surface area (Å²) in [5.74, 6) is -0.807. The third kappa shape index (κ3) is 2.75. The number of carbonyl (C=O) groups is 1. The molecule has 1 aromatic heterocycles. The molecule has 1 N–H and O–H groups in total. The monoisotopic (exact) mass is 324 g/mol. The van der Waals surface area contributed by atoms with E-state index in [1.807, 2.05) is 0 Å². The molecule has 2 aromatic rings. The molecule has 0 aliphatic carbocycles. The fourth-order valence-electron chi connectivity index (χ4n) is 2.30. The van der Waals surface area contributed by atoms with Gasteiger partial charge in [-0.25, -0.2) is 9.10 Å². The Labute approximate surface area is 128 Å². The SMILES string of the molecule is COC(=O)C(C)(C)N(c1cccc2cccnc12)S(=O)(=O)O. The van der Waals surface area contributed by atoms with Crippen LogP contribution in [0.3, 0.4) is 0 Å². The normalized spacial score (nSPS) is 12.2. The van der Waals surface area contributed by atoms with Gasteiger partial charge < -0.3 is 4.74 Å². The Balaban J connectivity index is 2.78. The van der Waals surface area contributed by atoms with Crippen LogP contribution in [0.5, 0.6) is 0 Å². The average molecular weight is 324 g/mol. The van der Waals surface area contributed by atoms with Gasteiger partial charge in [-0.3, -0.25) is 9.54 Å². The van der Waals surface area contributed by atoms with Crippen LogP contribution in [0.25, 0.3) is 10.9 Å². The van der Waals surface area contributed by atoms with Crippen molar-refractivity contribution in [3.8, 4) is 0 Å². The average Bonchev–Trinajstić information content (AvgIpc) is 2.45. The van der Waals surface area contributed by atoms with Crippen LogP contribution in [0.1, 0.15) is 13.8 Å². The fourth-order valence-corrected chi connectivity index (χ4v) is 3.35. The Morgan fingerprint density at radius 2 is 1.91 bits per heavy atom. The number of methoxy groups -OCH3 is 1. The van der Waals surface area contributed by atoms with E-state index >= 15 is 0 Å². The largest absolute Gasteiger partial charge is 0.467 e. The van der Waals surface area contributed by atoms with E-state index in [0.29, 0.717) is 15.2 Å². The molecule has 0 radical (unpaired) electrons. The highest BCUT2D eigenvalue weighted by molar-refractivity contribution is 7.87. The van der Waals surface area contributed by atoms with Gasteiger partial charge in [0.15, 0.2) is 0 Å². The number of esters is 1. The first-order valence-electron chi connectivity index (χ1n) is 6.39. The van der Waals surface area contributed by atoms with Crippen molar-refractivity contribution in [2.75, 3.05) is 11.4 Å². The van der Waals surface area contributed by atoms with Crippen LogP contribution in [-0.4, -0.2) is 36.6 Å². The molecule has 0 bridgehead atoms. The Bertz CT molecular complexity index is 812. The van der Waals surface area contributed by atoms with Crippen LogP contribution >= 0.6 is 0 Å². The third-order valence-electron chi connectivity index (χ3n) is 3.25. The minimum atomic E-state index is -4.73. The first kappa shape index (κ1) is 16.2. The Morgan fingerprint density at radius 1 is 1.27 bits per heavy atom. The summed E-state index contributed by atoms with van der Waals surface area (Å²) >= 11 is 0. The number of benzene rings is 1. The molecule has 7 nitrogen and oxygen atoms in total. The van der Waals surface area contributed by atoms with E-state index in [2.05, 4.69) is 9.72 Å². The summed E-state index contributed by atoms with van der Waals surface area (Å²) in [4.78, 5) is 16.1. The summed E-state index contributed by atoms with van der Waals surface area (Å²) in [6.45, 7) is 2.68. The van der Waals surface area contributed by atoms with Crippen LogP contribution in [-0.2, 0) is 19.8 Å². The lowest BCUT2D eigenvalue weighted by molar-refractivity contribution is -0.145. The number of hydrogen-bond acceptors (Lipinski definition) is 5. The fraction of sp³-hybridized carbons (Fsp3) is 0.286. The molecule has 0 atom stereocenters. The van der Waals surface area contributed by atoms with Gasteiger partial charge in [0.25, 0.3) is 0 Å². The maximum Gasteiger partial charge on any atom is 0.361 e. The van der Waals surface area contributed by atoms with Crippen molar-refractivity contribution in [2.24, 2.45) is 0 Å². The second kappa shape index (κ2) is 5.54. The maximum atomic E-state index is 12.0. The van der Waals surface area contributed by atoms with Gasteiger partial charge >= 0.3 is 16.3 Å². The molecule has 0 spiro atoms. The molecule has 0 saturated heterocycles. The summed E-state index contributed by atoms with van der Waals surface area (Å²) in [6.07, 6.45) is 1.50. The summed E-state index contributed by atoms with van der Waals surface area (Å²) in [5, 5.41) is 0.675. The smallest absolute Gasteiger partial charge is 0.361 e. The molecule has 0 fully saturated rings. The number of carbonyl (C=O) groups excluding carboxylic acids is 1. The lowest BCUT2D eigenvalue weighted by Gasteiger charge is -2.34. The van der Waals surface area contributed by atoms with Gasteiger partial charge in [0, 0.05) is 11.6 Å². The summed E-state index contributed by atoms with van der Waals surface area (Å²) in [7, 11) is -3.58. The second-order valence-corrected chi connectivity index (χ2v) is 6.41. The zero-order valence-corrected chi connectivity index (χ0v) is 13.2. The molecule has 2 rings (SSSR count). The molecule has 22 heavy (non-hydrogen) atoms. The van der Waals surface area contributed by atoms with Crippen molar-refractivity contribution in [3.63, 3.8) is 0 Å². The van der Waals surface area contributed by atoms with Gasteiger partial charge in [0.05, 0.1) is 18.3 Å². The summed E-state index contributed by atoms with van der Waals surface area (Å²) < 4.78 is 38.7. The lowest BCUT2D eigenvalue weighted by atomic mass is 10.0. The molecule has 0 unspecified atom stereocenters. The summed E-state index contributed by atoms with van der Waals surface area (Å²) in [6, 6.07) is 8.28. The van der Waals surface area contributed by atoms with Gasteiger partial charge in [0.2, 0.25) is 0 Å². The van der Waals surface area contributed by atoms with Crippen LogP contribution in [0.4, 0.5) is 5.69 Å². The molecule has 0 amide bonds. The Hall–Kier alpha value is -2.19. The van der Waals surface area contributed by atoms with Gasteiger partial charge in [-0.15, -0.1) is 0 Å². The molecule has 0 saturated carbocycles. The molecule has 1 aromatic carbocycles. The Morgan fingerprint density at radius 3 is 2.50 bits per heavy atom. The van der Waals surface area contributed by atoms with E-state index in [1.54, 1.807) is 24.3 Å². The topological polar surface area (TPSA) is 96.8 Å². The van der Waals surface area contributed by atoms with Crippen LogP contribution in [0.15, 0.2) is 36.5 Å². The van der Waals surface area contributed by atoms with Crippen LogP contribution < -0.4 is 4.31 Å². The highest BCUT2D eigenvalue weighted by Gasteiger charge is 2.43. The number of nitrogens with zero attached hydrogens (tertiary/aromatic N) is 2. The minimum absolute atomic E-state index is 0.0935. The van der Waals surface area contributed by atoms with Crippen molar-refractivity contribution in [1.82, 2.24) is 4.98 Å². The second-order valence-electron chi connectivity index (χ2n) is 5.15. The van der Waals surface area contributed by atoms with Crippen LogP contribution in [0, 0.1) is 0 Å². The van der Waals surface area contributed by atoms with Gasteiger partial charge in [-0.1, -0.05) is 18.2 Å². The van der Waals surface area contributed by atoms with E-state index in [4.69, 9.17) is 0 Å². The van der Waals surface area contributed by atoms with E-state index in [0.717, 1.165) is 7.11 Å². The number of ether oxygens (including phenoxy) is 1. The number of hydrogen-bond donors (Lipinski definition) is 1. The van der Waals surface area contributed by atoms with Crippen LogP contribution in [0.2, 0.25) is 0 Å². The summed E-state index contributed by atoms with van der Waals surface area (Å²) in [5.41, 5.74) is -1.20. The first-order valence-corrected chi connectivity index (χ1v) is 7.79. The number of fused-ring (bicyclic) bond motifs is 1. The van der Waals surface area contributed by atoms with E-state index in [9.17, 15) is 17.8 Å². The number of rotatable bonds is 4. The lowest BCUT2D eigenvalue weighted by Crippen LogP contribution is -2.53. The number of pyridine rings is 1. The minimum Gasteiger partial charge on any atom is -0.467 e. The highest BCUT2D eigenvalue weighted by Crippen LogP contribution is 2.33. The molecule has 0 aliphatic rings. The van der Waals surface area contributed by atoms with Gasteiger partial charge in [0.1, 0.15) is 5.54 Å². The highest BCUT2D eigenvalue weighted by atomic mass is 32.2. The van der Waals surface area contributed by atoms with Gasteiger partial charge in [-0.2, -0.15) is 8.42 Å². The number of aromatic nitrogens is 1. The molecule has 0 aliphatic heterocycles. The van der Waals surface area contributed by atoms with Crippen molar-refractivity contribution >= 4 is 32.9 Å². The first-order chi connectivity index (χ1) is 10.2. The standard InChI is InChI=1S/C14H16N2O5S/c1-14(2,13(17)21-3)16(22(18,19)20)11-8-4-6-10-7-5-9-15-12(10)11/h4-9H,1-3H3,(H,18,19,20). The van der Waals surface area contributed by atoms with Crippen molar-refractivity contribution < 1.29 is 22.5 Å². The molecular weight excluding hydrogens is 308 g/mol. The zero-order chi connectivity index (χ0) is 16.5. The van der Waals surface area contributed by atoms with Crippen molar-refractivity contribution in [2.45, 2.75) is 19.4 Å². The third-order valence-corrected chi connectivity index (χ3v) is 4.37. The molecule has 118 valence electrons. The predicted octanol–water partition coefficient (Wildman–Crippen LogP) is 1.80. The molecular formula is C14H16N2O5S. The quantitative estimate of drug-likeness (QED) is 0.680. The number of anilines is 1. The predicted molar refractivity (Wildman–Crippen MR) is 81.9 cm³/mol. The maximum absolute atomic E-state index is 12.0. The van der Waals surface area contributed by atoms with E-state index in [1.165, 1.54) is 26.1 Å². The zero-order valence-electron chi connectivity index (χ0n) is 12.3.